The highest BCUT2D eigenvalue weighted by molar-refractivity contribution is 5.95. The zero-order valence-electron chi connectivity index (χ0n) is 23.7. The van der Waals surface area contributed by atoms with Crippen LogP contribution in [0.15, 0.2) is 36.4 Å². The molecule has 0 aliphatic heterocycles. The number of ether oxygens (including phenoxy) is 1. The lowest BCUT2D eigenvalue weighted by Gasteiger charge is -2.48. The van der Waals surface area contributed by atoms with Crippen molar-refractivity contribution in [1.82, 2.24) is 10.2 Å². The Hall–Kier alpha value is -3.78. The quantitative estimate of drug-likeness (QED) is 0.175. The van der Waals surface area contributed by atoms with Crippen molar-refractivity contribution in [2.45, 2.75) is 62.6 Å². The molecular formula is C28H37FN4O8. The Morgan fingerprint density at radius 1 is 1.20 bits per heavy atom. The first-order valence-electron chi connectivity index (χ1n) is 12.8. The SMILES string of the molecule is CC(=O)c1cc(F)cc(NC2C(N)C(NC(=O)N(C)C)(C(C)O)C(C)(O)C2(O)COC(=O)c2c(C)cccc2O)c1. The molecule has 6 unspecified atom stereocenters. The van der Waals surface area contributed by atoms with Gasteiger partial charge < -0.3 is 46.4 Å². The Balaban J connectivity index is 2.16. The maximum atomic E-state index is 14.4. The normalized spacial score (nSPS) is 28.1. The van der Waals surface area contributed by atoms with E-state index in [2.05, 4.69) is 10.6 Å². The molecule has 8 N–H and O–H groups in total. The summed E-state index contributed by atoms with van der Waals surface area (Å²) >= 11 is 0. The monoisotopic (exact) mass is 576 g/mol. The lowest BCUT2D eigenvalue weighted by atomic mass is 9.73. The van der Waals surface area contributed by atoms with Gasteiger partial charge in [-0.15, -0.1) is 0 Å². The van der Waals surface area contributed by atoms with Crippen LogP contribution < -0.4 is 16.4 Å². The maximum absolute atomic E-state index is 14.4. The molecule has 1 aliphatic rings. The third-order valence-electron chi connectivity index (χ3n) is 7.93. The van der Waals surface area contributed by atoms with Crippen LogP contribution in [0.2, 0.25) is 0 Å². The van der Waals surface area contributed by atoms with E-state index in [-0.39, 0.29) is 22.6 Å². The summed E-state index contributed by atoms with van der Waals surface area (Å²) in [5.41, 5.74) is -0.461. The van der Waals surface area contributed by atoms with E-state index >= 15 is 0 Å². The molecule has 0 saturated heterocycles. The number of ketones is 1. The molecule has 0 spiro atoms. The van der Waals surface area contributed by atoms with Crippen molar-refractivity contribution < 1.29 is 43.9 Å². The smallest absolute Gasteiger partial charge is 0.342 e. The van der Waals surface area contributed by atoms with Crippen molar-refractivity contribution >= 4 is 23.5 Å². The van der Waals surface area contributed by atoms with Gasteiger partial charge in [0.05, 0.1) is 18.2 Å². The second-order valence-electron chi connectivity index (χ2n) is 10.8. The first-order chi connectivity index (χ1) is 18.9. The molecule has 3 rings (SSSR count). The Morgan fingerprint density at radius 3 is 2.37 bits per heavy atom. The van der Waals surface area contributed by atoms with Crippen molar-refractivity contribution in [1.29, 1.82) is 0 Å². The Labute approximate surface area is 236 Å². The van der Waals surface area contributed by atoms with Crippen molar-refractivity contribution in [2.75, 3.05) is 26.0 Å². The van der Waals surface area contributed by atoms with Gasteiger partial charge in [0.2, 0.25) is 0 Å². The van der Waals surface area contributed by atoms with Crippen LogP contribution in [0.3, 0.4) is 0 Å². The van der Waals surface area contributed by atoms with E-state index in [1.54, 1.807) is 13.0 Å². The molecule has 0 bridgehead atoms. The fraction of sp³-hybridized carbons (Fsp3) is 0.464. The van der Waals surface area contributed by atoms with Gasteiger partial charge in [-0.1, -0.05) is 12.1 Å². The van der Waals surface area contributed by atoms with Gasteiger partial charge in [0.15, 0.2) is 11.4 Å². The summed E-state index contributed by atoms with van der Waals surface area (Å²) in [6.07, 6.45) is -1.59. The van der Waals surface area contributed by atoms with Crippen molar-refractivity contribution in [3.8, 4) is 5.75 Å². The lowest BCUT2D eigenvalue weighted by Crippen LogP contribution is -2.76. The number of phenols is 1. The summed E-state index contributed by atoms with van der Waals surface area (Å²) < 4.78 is 19.8. The number of aromatic hydroxyl groups is 1. The van der Waals surface area contributed by atoms with Crippen molar-refractivity contribution in [3.63, 3.8) is 0 Å². The number of hydrogen-bond donors (Lipinski definition) is 7. The molecule has 2 aromatic carbocycles. The number of nitrogens with one attached hydrogen (secondary N) is 2. The van der Waals surface area contributed by atoms with Crippen LogP contribution >= 0.6 is 0 Å². The van der Waals surface area contributed by atoms with E-state index in [9.17, 15) is 39.2 Å². The Morgan fingerprint density at radius 2 is 1.83 bits per heavy atom. The number of anilines is 1. The van der Waals surface area contributed by atoms with E-state index in [1.807, 2.05) is 0 Å². The number of rotatable bonds is 8. The number of phenolic OH excluding ortho intramolecular Hbond substituents is 1. The highest BCUT2D eigenvalue weighted by Gasteiger charge is 2.76. The summed E-state index contributed by atoms with van der Waals surface area (Å²) in [4.78, 5) is 39.0. The second-order valence-corrected chi connectivity index (χ2v) is 10.8. The number of nitrogens with two attached hydrogens (primary N) is 1. The highest BCUT2D eigenvalue weighted by atomic mass is 19.1. The van der Waals surface area contributed by atoms with Crippen LogP contribution in [0.1, 0.15) is 47.1 Å². The highest BCUT2D eigenvalue weighted by Crippen LogP contribution is 2.49. The van der Waals surface area contributed by atoms with Crippen LogP contribution in [-0.2, 0) is 4.74 Å². The standard InChI is InChI=1S/C28H37FN4O8/c1-14-8-7-9-20(36)21(14)24(37)41-13-27(40)23(31-19-11-17(15(2)34)10-18(29)12-19)22(30)28(16(3)35,26(27,4)39)32-25(38)33(5)6/h7-12,16,22-23,31,35-36,39-40H,13,30H2,1-6H3,(H,32,38). The molecule has 2 aromatic rings. The summed E-state index contributed by atoms with van der Waals surface area (Å²) in [6.45, 7) is 4.21. The van der Waals surface area contributed by atoms with Gasteiger partial charge in [0.25, 0.3) is 0 Å². The Kier molecular flexibility index (Phi) is 8.70. The zero-order valence-corrected chi connectivity index (χ0v) is 23.7. The first-order valence-corrected chi connectivity index (χ1v) is 12.8. The van der Waals surface area contributed by atoms with Crippen LogP contribution in [0.5, 0.6) is 5.75 Å². The first kappa shape index (κ1) is 31.7. The molecule has 41 heavy (non-hydrogen) atoms. The number of Topliss-reactive ketones (excluding diaryl/α,β-unsaturated/α-hetero) is 1. The number of urea groups is 1. The van der Waals surface area contributed by atoms with Crippen LogP contribution in [-0.4, -0.2) is 98.7 Å². The van der Waals surface area contributed by atoms with Crippen LogP contribution in [0, 0.1) is 12.7 Å². The number of aryl methyl sites for hydroxylation is 1. The molecule has 2 amide bonds. The van der Waals surface area contributed by atoms with Gasteiger partial charge in [-0.25, -0.2) is 14.0 Å². The molecule has 0 radical (unpaired) electrons. The number of carbonyl (C=O) groups excluding carboxylic acids is 3. The molecular weight excluding hydrogens is 539 g/mol. The van der Waals surface area contributed by atoms with E-state index in [4.69, 9.17) is 10.5 Å². The summed E-state index contributed by atoms with van der Waals surface area (Å²) in [6, 6.07) is 3.90. The fourth-order valence-corrected chi connectivity index (χ4v) is 5.49. The van der Waals surface area contributed by atoms with Gasteiger partial charge in [-0.05, 0) is 57.5 Å². The van der Waals surface area contributed by atoms with Gasteiger partial charge in [0.1, 0.15) is 34.9 Å². The molecule has 6 atom stereocenters. The minimum atomic E-state index is -2.56. The average Bonchev–Trinajstić information content (AvgIpc) is 2.98. The van der Waals surface area contributed by atoms with E-state index in [1.165, 1.54) is 46.1 Å². The largest absolute Gasteiger partial charge is 0.507 e. The third kappa shape index (κ3) is 5.33. The molecule has 12 nitrogen and oxygen atoms in total. The predicted octanol–water partition coefficient (Wildman–Crippen LogP) is 0.894. The molecule has 0 heterocycles. The Bertz CT molecular complexity index is 1330. The third-order valence-corrected chi connectivity index (χ3v) is 7.93. The number of hydrogen-bond acceptors (Lipinski definition) is 10. The number of aliphatic hydroxyl groups excluding tert-OH is 1. The van der Waals surface area contributed by atoms with Gasteiger partial charge in [-0.3, -0.25) is 4.79 Å². The number of aliphatic hydroxyl groups is 3. The number of esters is 1. The molecule has 1 fully saturated rings. The van der Waals surface area contributed by atoms with E-state index < -0.39 is 65.1 Å². The summed E-state index contributed by atoms with van der Waals surface area (Å²) in [7, 11) is 2.82. The number of carbonyl (C=O) groups is 3. The van der Waals surface area contributed by atoms with E-state index in [0.717, 1.165) is 24.0 Å². The van der Waals surface area contributed by atoms with Crippen molar-refractivity contribution in [3.05, 3.63) is 58.9 Å². The fourth-order valence-electron chi connectivity index (χ4n) is 5.49. The second kappa shape index (κ2) is 11.2. The van der Waals surface area contributed by atoms with Crippen LogP contribution in [0.4, 0.5) is 14.9 Å². The van der Waals surface area contributed by atoms with E-state index in [0.29, 0.717) is 5.56 Å². The maximum Gasteiger partial charge on any atom is 0.342 e. The predicted molar refractivity (Wildman–Crippen MR) is 147 cm³/mol. The summed E-state index contributed by atoms with van der Waals surface area (Å²) in [5.74, 6) is -2.64. The molecule has 1 saturated carbocycles. The number of amides is 2. The molecule has 13 heteroatoms. The van der Waals surface area contributed by atoms with Gasteiger partial charge >= 0.3 is 12.0 Å². The summed E-state index contributed by atoms with van der Waals surface area (Å²) in [5, 5.41) is 50.7. The van der Waals surface area contributed by atoms with Crippen LogP contribution in [0.25, 0.3) is 0 Å². The number of nitrogens with zero attached hydrogens (tertiary/aromatic N) is 1. The average molecular weight is 577 g/mol. The van der Waals surface area contributed by atoms with Gasteiger partial charge in [0, 0.05) is 25.3 Å². The number of halogens is 1. The minimum absolute atomic E-state index is 0.00137. The number of benzene rings is 2. The zero-order chi connectivity index (χ0) is 31.1. The molecule has 1 aliphatic carbocycles. The molecule has 0 aromatic heterocycles. The topological polar surface area (TPSA) is 195 Å². The lowest BCUT2D eigenvalue weighted by molar-refractivity contribution is -0.186. The van der Waals surface area contributed by atoms with Gasteiger partial charge in [-0.2, -0.15) is 0 Å². The van der Waals surface area contributed by atoms with Crippen molar-refractivity contribution in [2.24, 2.45) is 5.73 Å². The minimum Gasteiger partial charge on any atom is -0.507 e. The molecule has 224 valence electrons.